The Kier molecular flexibility index (Phi) is 2.68. The van der Waals surface area contributed by atoms with Crippen molar-refractivity contribution in [2.24, 2.45) is 0 Å². The zero-order valence-corrected chi connectivity index (χ0v) is 8.42. The summed E-state index contributed by atoms with van der Waals surface area (Å²) in [5.41, 5.74) is 1.92. The highest BCUT2D eigenvalue weighted by Crippen LogP contribution is 2.18. The summed E-state index contributed by atoms with van der Waals surface area (Å²) < 4.78 is 17.6. The molecule has 1 atom stereocenters. The fourth-order valence-electron chi connectivity index (χ4n) is 1.79. The van der Waals surface area contributed by atoms with Crippen LogP contribution in [0.3, 0.4) is 0 Å². The van der Waals surface area contributed by atoms with Crippen molar-refractivity contribution >= 4 is 5.97 Å². The van der Waals surface area contributed by atoms with Crippen molar-refractivity contribution < 1.29 is 13.9 Å². The third-order valence-electron chi connectivity index (χ3n) is 2.62. The van der Waals surface area contributed by atoms with Gasteiger partial charge < -0.3 is 10.1 Å². The monoisotopic (exact) mass is 209 g/mol. The summed E-state index contributed by atoms with van der Waals surface area (Å²) in [5, 5.41) is 3.01. The van der Waals surface area contributed by atoms with Gasteiger partial charge in [0.15, 0.2) is 0 Å². The van der Waals surface area contributed by atoms with E-state index < -0.39 is 0 Å². The fraction of sp³-hybridized carbons (Fsp3) is 0.364. The first kappa shape index (κ1) is 10.1. The first-order valence-corrected chi connectivity index (χ1v) is 4.79. The van der Waals surface area contributed by atoms with Crippen LogP contribution in [0, 0.1) is 5.82 Å². The highest BCUT2D eigenvalue weighted by atomic mass is 19.1. The maximum atomic E-state index is 12.9. The van der Waals surface area contributed by atoms with Crippen LogP contribution in [0.5, 0.6) is 0 Å². The van der Waals surface area contributed by atoms with Gasteiger partial charge >= 0.3 is 5.97 Å². The van der Waals surface area contributed by atoms with Crippen LogP contribution in [0.25, 0.3) is 0 Å². The number of methoxy groups -OCH3 is 1. The topological polar surface area (TPSA) is 38.3 Å². The number of fused-ring (bicyclic) bond motifs is 1. The summed E-state index contributed by atoms with van der Waals surface area (Å²) in [7, 11) is 1.37. The molecule has 3 nitrogen and oxygen atoms in total. The van der Waals surface area contributed by atoms with Crippen molar-refractivity contribution in [1.82, 2.24) is 5.32 Å². The summed E-state index contributed by atoms with van der Waals surface area (Å²) in [5.74, 6) is -0.517. The van der Waals surface area contributed by atoms with Crippen molar-refractivity contribution in [3.05, 3.63) is 35.1 Å². The molecule has 0 aromatic heterocycles. The molecule has 1 aliphatic rings. The number of rotatable bonds is 1. The van der Waals surface area contributed by atoms with E-state index in [4.69, 9.17) is 0 Å². The average Bonchev–Trinajstić information content (AvgIpc) is 2.27. The Labute approximate surface area is 87.2 Å². The number of benzene rings is 1. The van der Waals surface area contributed by atoms with E-state index >= 15 is 0 Å². The highest BCUT2D eigenvalue weighted by molar-refractivity contribution is 5.76. The summed E-state index contributed by atoms with van der Waals surface area (Å²) in [6.07, 6.45) is 0.558. The molecule has 1 N–H and O–H groups in total. The molecule has 0 radical (unpaired) electrons. The molecule has 1 heterocycles. The van der Waals surface area contributed by atoms with Gasteiger partial charge in [-0.2, -0.15) is 0 Å². The number of halogens is 1. The predicted molar refractivity (Wildman–Crippen MR) is 52.7 cm³/mol. The number of hydrogen-bond donors (Lipinski definition) is 1. The number of esters is 1. The molecule has 4 heteroatoms. The second-order valence-electron chi connectivity index (χ2n) is 3.57. The van der Waals surface area contributed by atoms with Crippen LogP contribution >= 0.6 is 0 Å². The zero-order valence-electron chi connectivity index (χ0n) is 8.42. The van der Waals surface area contributed by atoms with Crippen LogP contribution in [0.2, 0.25) is 0 Å². The van der Waals surface area contributed by atoms with E-state index in [-0.39, 0.29) is 17.8 Å². The second kappa shape index (κ2) is 3.98. The summed E-state index contributed by atoms with van der Waals surface area (Å²) in [4.78, 5) is 11.3. The molecule has 0 fully saturated rings. The minimum absolute atomic E-state index is 0.243. The van der Waals surface area contributed by atoms with Gasteiger partial charge in [0.25, 0.3) is 0 Å². The third kappa shape index (κ3) is 1.99. The first-order chi connectivity index (χ1) is 7.20. The lowest BCUT2D eigenvalue weighted by atomic mass is 9.96. The maximum Gasteiger partial charge on any atom is 0.323 e. The van der Waals surface area contributed by atoms with Crippen molar-refractivity contribution in [2.75, 3.05) is 7.11 Å². The lowest BCUT2D eigenvalue weighted by Gasteiger charge is -2.24. The van der Waals surface area contributed by atoms with Gasteiger partial charge in [-0.25, -0.2) is 4.39 Å². The van der Waals surface area contributed by atoms with E-state index in [0.717, 1.165) is 11.1 Å². The summed E-state index contributed by atoms with van der Waals surface area (Å²) in [6, 6.07) is 4.32. The number of nitrogens with one attached hydrogen (secondary N) is 1. The van der Waals surface area contributed by atoms with E-state index in [0.29, 0.717) is 13.0 Å². The molecular formula is C11H12FNO2. The lowest BCUT2D eigenvalue weighted by Crippen LogP contribution is -2.42. The zero-order chi connectivity index (χ0) is 10.8. The molecule has 0 bridgehead atoms. The number of hydrogen-bond acceptors (Lipinski definition) is 3. The lowest BCUT2D eigenvalue weighted by molar-refractivity contribution is -0.143. The molecule has 1 aromatic carbocycles. The standard InChI is InChI=1S/C11H12FNO2/c1-15-11(14)10-5-7-2-3-9(12)4-8(7)6-13-10/h2-4,10,13H,5-6H2,1H3/t10-/m1/s1. The van der Waals surface area contributed by atoms with Gasteiger partial charge in [-0.15, -0.1) is 0 Å². The van der Waals surface area contributed by atoms with E-state index in [1.165, 1.54) is 19.2 Å². The van der Waals surface area contributed by atoms with E-state index in [1.807, 2.05) is 0 Å². The van der Waals surface area contributed by atoms with Gasteiger partial charge in [0.2, 0.25) is 0 Å². The smallest absolute Gasteiger partial charge is 0.323 e. The summed E-state index contributed by atoms with van der Waals surface area (Å²) in [6.45, 7) is 0.507. The molecule has 0 amide bonds. The normalized spacial score (nSPS) is 19.5. The predicted octanol–water partition coefficient (Wildman–Crippen LogP) is 1.01. The SMILES string of the molecule is COC(=O)[C@H]1Cc2ccc(F)cc2CN1. The van der Waals surface area contributed by atoms with Crippen LogP contribution in [-0.4, -0.2) is 19.1 Å². The fourth-order valence-corrected chi connectivity index (χ4v) is 1.79. The van der Waals surface area contributed by atoms with Crippen LogP contribution in [0.4, 0.5) is 4.39 Å². The molecule has 1 aromatic rings. The highest BCUT2D eigenvalue weighted by Gasteiger charge is 2.24. The van der Waals surface area contributed by atoms with Crippen molar-refractivity contribution in [2.45, 2.75) is 19.0 Å². The van der Waals surface area contributed by atoms with Crippen molar-refractivity contribution in [3.63, 3.8) is 0 Å². The quantitative estimate of drug-likeness (QED) is 0.701. The number of carbonyl (C=O) groups excluding carboxylic acids is 1. The molecule has 1 aliphatic heterocycles. The minimum Gasteiger partial charge on any atom is -0.468 e. The Morgan fingerprint density at radius 2 is 2.33 bits per heavy atom. The molecule has 0 aliphatic carbocycles. The minimum atomic E-state index is -0.312. The molecular weight excluding hydrogens is 197 g/mol. The Morgan fingerprint density at radius 1 is 1.53 bits per heavy atom. The van der Waals surface area contributed by atoms with Crippen molar-refractivity contribution in [1.29, 1.82) is 0 Å². The van der Waals surface area contributed by atoms with Gasteiger partial charge in [0.1, 0.15) is 11.9 Å². The molecule has 0 saturated carbocycles. The van der Waals surface area contributed by atoms with E-state index in [2.05, 4.69) is 10.1 Å². The Hall–Kier alpha value is -1.42. The molecule has 2 rings (SSSR count). The van der Waals surface area contributed by atoms with Gasteiger partial charge in [-0.3, -0.25) is 4.79 Å². The number of carbonyl (C=O) groups is 1. The Morgan fingerprint density at radius 3 is 3.07 bits per heavy atom. The molecule has 0 saturated heterocycles. The Balaban J connectivity index is 2.20. The summed E-state index contributed by atoms with van der Waals surface area (Å²) >= 11 is 0. The molecule has 15 heavy (non-hydrogen) atoms. The molecule has 0 unspecified atom stereocenters. The van der Waals surface area contributed by atoms with E-state index in [9.17, 15) is 9.18 Å². The third-order valence-corrected chi connectivity index (χ3v) is 2.62. The second-order valence-corrected chi connectivity index (χ2v) is 3.57. The van der Waals surface area contributed by atoms with Crippen molar-refractivity contribution in [3.8, 4) is 0 Å². The first-order valence-electron chi connectivity index (χ1n) is 4.79. The average molecular weight is 209 g/mol. The van der Waals surface area contributed by atoms with Gasteiger partial charge in [0.05, 0.1) is 7.11 Å². The van der Waals surface area contributed by atoms with Gasteiger partial charge in [-0.1, -0.05) is 6.07 Å². The van der Waals surface area contributed by atoms with E-state index in [1.54, 1.807) is 6.07 Å². The largest absolute Gasteiger partial charge is 0.468 e. The van der Waals surface area contributed by atoms with Crippen LogP contribution < -0.4 is 5.32 Å². The molecule has 0 spiro atoms. The van der Waals surface area contributed by atoms with Crippen LogP contribution in [0.15, 0.2) is 18.2 Å². The maximum absolute atomic E-state index is 12.9. The van der Waals surface area contributed by atoms with Gasteiger partial charge in [0, 0.05) is 6.54 Å². The van der Waals surface area contributed by atoms with Crippen LogP contribution in [-0.2, 0) is 22.5 Å². The number of ether oxygens (including phenoxy) is 1. The van der Waals surface area contributed by atoms with Gasteiger partial charge in [-0.05, 0) is 29.7 Å². The Bertz CT molecular complexity index is 392. The molecule has 80 valence electrons. The van der Waals surface area contributed by atoms with Crippen LogP contribution in [0.1, 0.15) is 11.1 Å².